The lowest BCUT2D eigenvalue weighted by Crippen LogP contribution is -2.08. The van der Waals surface area contributed by atoms with E-state index < -0.39 is 0 Å². The number of hydrogen-bond acceptors (Lipinski definition) is 2. The summed E-state index contributed by atoms with van der Waals surface area (Å²) in [6, 6.07) is 5.31. The minimum Gasteiger partial charge on any atom is -0.309 e. The molecule has 0 atom stereocenters. The van der Waals surface area contributed by atoms with Crippen LogP contribution in [0.25, 0.3) is 0 Å². The second-order valence-electron chi connectivity index (χ2n) is 3.94. The van der Waals surface area contributed by atoms with Gasteiger partial charge in [-0.1, -0.05) is 29.3 Å². The number of carbonyl (C=O) groups is 1. The smallest absolute Gasteiger partial charge is 0.222 e. The van der Waals surface area contributed by atoms with Crippen LogP contribution in [0.5, 0.6) is 0 Å². The number of hydrogen-bond donors (Lipinski definition) is 1. The first-order valence-electron chi connectivity index (χ1n) is 5.40. The summed E-state index contributed by atoms with van der Waals surface area (Å²) in [4.78, 5) is 11.0. The molecule has 0 spiro atoms. The molecule has 0 bridgehead atoms. The summed E-state index contributed by atoms with van der Waals surface area (Å²) in [5, 5.41) is 8.06. The number of anilines is 1. The summed E-state index contributed by atoms with van der Waals surface area (Å²) in [6.07, 6.45) is 1.77. The predicted molar refractivity (Wildman–Crippen MR) is 79.8 cm³/mol. The normalized spacial score (nSPS) is 10.5. The van der Waals surface area contributed by atoms with Crippen LogP contribution < -0.4 is 5.32 Å². The summed E-state index contributed by atoms with van der Waals surface area (Å²) in [5.41, 5.74) is 0.899. The third kappa shape index (κ3) is 3.72. The Morgan fingerprint density at radius 2 is 2.21 bits per heavy atom. The van der Waals surface area contributed by atoms with Gasteiger partial charge in [-0.3, -0.25) is 9.48 Å². The van der Waals surface area contributed by atoms with Gasteiger partial charge in [0.05, 0.1) is 11.0 Å². The standard InChI is InChI=1S/C12H10BrCl2N3O/c1-7(19)16-12-10(13)6-18(17-12)5-8-2-3-9(14)4-11(8)15/h2-4,6H,5H2,1H3,(H,16,17,19). The molecule has 1 N–H and O–H groups in total. The molecule has 2 aromatic rings. The van der Waals surface area contributed by atoms with Crippen molar-refractivity contribution in [3.8, 4) is 0 Å². The van der Waals surface area contributed by atoms with Gasteiger partial charge < -0.3 is 5.32 Å². The Labute approximate surface area is 128 Å². The quantitative estimate of drug-likeness (QED) is 0.898. The fraction of sp³-hybridized carbons (Fsp3) is 0.167. The first-order valence-corrected chi connectivity index (χ1v) is 6.95. The van der Waals surface area contributed by atoms with E-state index in [1.807, 2.05) is 6.07 Å². The Morgan fingerprint density at radius 3 is 2.84 bits per heavy atom. The second-order valence-corrected chi connectivity index (χ2v) is 5.64. The number of rotatable bonds is 3. The molecule has 0 aliphatic carbocycles. The molecule has 0 aliphatic rings. The third-order valence-electron chi connectivity index (χ3n) is 2.36. The van der Waals surface area contributed by atoms with Crippen molar-refractivity contribution >= 4 is 50.9 Å². The number of benzene rings is 1. The maximum atomic E-state index is 11.0. The van der Waals surface area contributed by atoms with Crippen molar-refractivity contribution in [2.75, 3.05) is 5.32 Å². The zero-order valence-corrected chi connectivity index (χ0v) is 13.1. The first kappa shape index (κ1) is 14.4. The highest BCUT2D eigenvalue weighted by Crippen LogP contribution is 2.24. The number of amides is 1. The molecule has 4 nitrogen and oxygen atoms in total. The molecular weight excluding hydrogens is 353 g/mol. The average Bonchev–Trinajstić information content (AvgIpc) is 2.62. The fourth-order valence-electron chi connectivity index (χ4n) is 1.55. The van der Waals surface area contributed by atoms with E-state index in [9.17, 15) is 4.79 Å². The van der Waals surface area contributed by atoms with Crippen LogP contribution in [0.4, 0.5) is 5.82 Å². The summed E-state index contributed by atoms with van der Waals surface area (Å²) in [7, 11) is 0. The molecule has 2 rings (SSSR count). The van der Waals surface area contributed by atoms with Crippen LogP contribution in [0.2, 0.25) is 10.0 Å². The van der Waals surface area contributed by atoms with Crippen molar-refractivity contribution in [1.29, 1.82) is 0 Å². The van der Waals surface area contributed by atoms with Gasteiger partial charge in [0.1, 0.15) is 0 Å². The molecule has 0 saturated heterocycles. The maximum absolute atomic E-state index is 11.0. The van der Waals surface area contributed by atoms with Crippen molar-refractivity contribution in [2.45, 2.75) is 13.5 Å². The number of carbonyl (C=O) groups excluding carboxylic acids is 1. The van der Waals surface area contributed by atoms with E-state index in [1.165, 1.54) is 6.92 Å². The van der Waals surface area contributed by atoms with Crippen LogP contribution in [-0.4, -0.2) is 15.7 Å². The molecule has 1 aromatic heterocycles. The van der Waals surface area contributed by atoms with E-state index in [0.29, 0.717) is 26.9 Å². The number of halogens is 3. The summed E-state index contributed by atoms with van der Waals surface area (Å²) < 4.78 is 2.40. The van der Waals surface area contributed by atoms with Crippen LogP contribution >= 0.6 is 39.1 Å². The minimum absolute atomic E-state index is 0.171. The molecule has 0 fully saturated rings. The molecule has 0 saturated carbocycles. The Bertz CT molecular complexity index is 627. The van der Waals surface area contributed by atoms with Gasteiger partial charge in [0, 0.05) is 23.2 Å². The summed E-state index contributed by atoms with van der Waals surface area (Å²) in [6.45, 7) is 1.93. The zero-order chi connectivity index (χ0) is 14.0. The van der Waals surface area contributed by atoms with E-state index in [2.05, 4.69) is 26.3 Å². The van der Waals surface area contributed by atoms with E-state index in [4.69, 9.17) is 23.2 Å². The van der Waals surface area contributed by atoms with Crippen LogP contribution in [0.15, 0.2) is 28.9 Å². The highest BCUT2D eigenvalue weighted by Gasteiger charge is 2.09. The van der Waals surface area contributed by atoms with Crippen molar-refractivity contribution in [1.82, 2.24) is 9.78 Å². The lowest BCUT2D eigenvalue weighted by molar-refractivity contribution is -0.114. The number of nitrogens with zero attached hydrogens (tertiary/aromatic N) is 2. The van der Waals surface area contributed by atoms with Crippen molar-refractivity contribution in [3.05, 3.63) is 44.5 Å². The first-order chi connectivity index (χ1) is 8.95. The lowest BCUT2D eigenvalue weighted by Gasteiger charge is -2.05. The topological polar surface area (TPSA) is 46.9 Å². The molecule has 1 aromatic carbocycles. The van der Waals surface area contributed by atoms with Gasteiger partial charge in [-0.25, -0.2) is 0 Å². The van der Waals surface area contributed by atoms with Gasteiger partial charge in [-0.05, 0) is 33.6 Å². The van der Waals surface area contributed by atoms with Crippen LogP contribution in [0.3, 0.4) is 0 Å². The van der Waals surface area contributed by atoms with Crippen molar-refractivity contribution < 1.29 is 4.79 Å². The van der Waals surface area contributed by atoms with Crippen molar-refractivity contribution in [3.63, 3.8) is 0 Å². The van der Waals surface area contributed by atoms with Crippen molar-refractivity contribution in [2.24, 2.45) is 0 Å². The Hall–Kier alpha value is -1.04. The Morgan fingerprint density at radius 1 is 1.47 bits per heavy atom. The van der Waals surface area contributed by atoms with Gasteiger partial charge in [0.15, 0.2) is 5.82 Å². The third-order valence-corrected chi connectivity index (χ3v) is 3.53. The molecule has 0 aliphatic heterocycles. The van der Waals surface area contributed by atoms with Gasteiger partial charge in [-0.15, -0.1) is 0 Å². The van der Waals surface area contributed by atoms with Gasteiger partial charge in [0.2, 0.25) is 5.91 Å². The molecule has 1 amide bonds. The van der Waals surface area contributed by atoms with Crippen LogP contribution in [0.1, 0.15) is 12.5 Å². The largest absolute Gasteiger partial charge is 0.309 e. The summed E-state index contributed by atoms with van der Waals surface area (Å²) >= 11 is 15.3. The molecular formula is C12H10BrCl2N3O. The van der Waals surface area contributed by atoms with E-state index in [-0.39, 0.29) is 5.91 Å². The number of aromatic nitrogens is 2. The SMILES string of the molecule is CC(=O)Nc1nn(Cc2ccc(Cl)cc2Cl)cc1Br. The average molecular weight is 363 g/mol. The molecule has 1 heterocycles. The van der Waals surface area contributed by atoms with Gasteiger partial charge >= 0.3 is 0 Å². The van der Waals surface area contributed by atoms with E-state index >= 15 is 0 Å². The number of nitrogens with one attached hydrogen (secondary N) is 1. The molecule has 0 unspecified atom stereocenters. The van der Waals surface area contributed by atoms with E-state index in [1.54, 1.807) is 23.0 Å². The monoisotopic (exact) mass is 361 g/mol. The summed E-state index contributed by atoms with van der Waals surface area (Å²) in [5.74, 6) is 0.313. The fourth-order valence-corrected chi connectivity index (χ4v) is 2.44. The van der Waals surface area contributed by atoms with Crippen LogP contribution in [-0.2, 0) is 11.3 Å². The predicted octanol–water partition coefficient (Wildman–Crippen LogP) is 3.96. The molecule has 7 heteroatoms. The maximum Gasteiger partial charge on any atom is 0.222 e. The molecule has 19 heavy (non-hydrogen) atoms. The van der Waals surface area contributed by atoms with Gasteiger partial charge in [0.25, 0.3) is 0 Å². The zero-order valence-electron chi connectivity index (χ0n) is 9.95. The lowest BCUT2D eigenvalue weighted by atomic mass is 10.2. The Balaban J connectivity index is 2.21. The Kier molecular flexibility index (Phi) is 4.50. The molecule has 0 radical (unpaired) electrons. The van der Waals surface area contributed by atoms with E-state index in [0.717, 1.165) is 5.56 Å². The molecule has 100 valence electrons. The highest BCUT2D eigenvalue weighted by molar-refractivity contribution is 9.10. The highest BCUT2D eigenvalue weighted by atomic mass is 79.9. The van der Waals surface area contributed by atoms with Gasteiger partial charge in [-0.2, -0.15) is 5.10 Å². The second kappa shape index (κ2) is 5.94. The minimum atomic E-state index is -0.171. The van der Waals surface area contributed by atoms with Crippen LogP contribution in [0, 0.1) is 0 Å².